The van der Waals surface area contributed by atoms with Crippen LogP contribution in [-0.4, -0.2) is 9.79 Å². The molecule has 0 radical (unpaired) electrons. The van der Waals surface area contributed by atoms with Crippen molar-refractivity contribution in [1.29, 1.82) is 0 Å². The van der Waals surface area contributed by atoms with E-state index in [4.69, 9.17) is 9.79 Å². The first-order valence-corrected chi connectivity index (χ1v) is 3.52. The van der Waals surface area contributed by atoms with E-state index in [0.29, 0.717) is 0 Å². The van der Waals surface area contributed by atoms with Crippen LogP contribution in [0.25, 0.3) is 0 Å². The standard InChI is InChI=1S/H2O5P2/c1-6-5-7(2,3)4/h6H,(H-,2,3,4)/p+1. The van der Waals surface area contributed by atoms with E-state index in [2.05, 4.69) is 4.31 Å². The fraction of sp³-hybridized carbons (Fsp3) is 0. The van der Waals surface area contributed by atoms with Crippen molar-refractivity contribution in [2.75, 3.05) is 0 Å². The lowest BCUT2D eigenvalue weighted by molar-refractivity contribution is 0.292. The second-order valence-electron chi connectivity index (χ2n) is 0.665. The molecule has 7 heavy (non-hydrogen) atoms. The summed E-state index contributed by atoms with van der Waals surface area (Å²) in [6, 6.07) is 0. The summed E-state index contributed by atoms with van der Waals surface area (Å²) < 4.78 is 22.1. The number of hydrogen-bond acceptors (Lipinski definition) is 3. The zero-order valence-electron chi connectivity index (χ0n) is 3.07. The molecule has 2 N–H and O–H groups in total. The molecule has 0 saturated heterocycles. The zero-order chi connectivity index (χ0) is 5.91. The first-order valence-electron chi connectivity index (χ1n) is 1.17. The van der Waals surface area contributed by atoms with Crippen molar-refractivity contribution in [1.82, 2.24) is 0 Å². The van der Waals surface area contributed by atoms with E-state index >= 15 is 0 Å². The van der Waals surface area contributed by atoms with Gasteiger partial charge in [-0.3, -0.25) is 0 Å². The highest BCUT2D eigenvalue weighted by atomic mass is 31.2. The lowest BCUT2D eigenvalue weighted by Gasteiger charge is -1.84. The normalized spacial score (nSPS) is 12.3. The van der Waals surface area contributed by atoms with Crippen LogP contribution in [0.1, 0.15) is 0 Å². The van der Waals surface area contributed by atoms with Crippen LogP contribution in [0.3, 0.4) is 0 Å². The highest BCUT2D eigenvalue weighted by molar-refractivity contribution is 7.52. The van der Waals surface area contributed by atoms with E-state index in [1.165, 1.54) is 0 Å². The quantitative estimate of drug-likeness (QED) is 0.535. The monoisotopic (exact) mass is 145 g/mol. The highest BCUT2D eigenvalue weighted by Gasteiger charge is 2.18. The summed E-state index contributed by atoms with van der Waals surface area (Å²) in [5.41, 5.74) is 0. The Morgan fingerprint density at radius 1 is 1.57 bits per heavy atom. The molecule has 1 unspecified atom stereocenters. The minimum Gasteiger partial charge on any atom is -0.300 e. The minimum absolute atomic E-state index is 1.40. The Balaban J connectivity index is 3.57. The Morgan fingerprint density at radius 3 is 2.00 bits per heavy atom. The Morgan fingerprint density at radius 2 is 2.00 bits per heavy atom. The average molecular weight is 145 g/mol. The van der Waals surface area contributed by atoms with E-state index in [0.717, 1.165) is 0 Å². The average Bonchev–Trinajstić information content (AvgIpc) is 1.30. The molecule has 0 aliphatic rings. The molecule has 0 saturated carbocycles. The topological polar surface area (TPSA) is 83.8 Å². The highest BCUT2D eigenvalue weighted by Crippen LogP contribution is 2.39. The number of hydrogen-bond donors (Lipinski definition) is 2. The third-order valence-corrected chi connectivity index (χ3v) is 1.41. The predicted octanol–water partition coefficient (Wildman–Crippen LogP) is 0.0347. The molecule has 0 aromatic carbocycles. The third kappa shape index (κ3) is 6.21. The summed E-state index contributed by atoms with van der Waals surface area (Å²) in [5, 5.41) is 0. The van der Waals surface area contributed by atoms with Crippen LogP contribution in [0.5, 0.6) is 0 Å². The van der Waals surface area contributed by atoms with Gasteiger partial charge in [-0.2, -0.15) is 0 Å². The van der Waals surface area contributed by atoms with Gasteiger partial charge in [0.1, 0.15) is 0 Å². The molecule has 0 aromatic heterocycles. The van der Waals surface area contributed by atoms with Gasteiger partial charge in [0.25, 0.3) is 0 Å². The first-order chi connectivity index (χ1) is 3.06. The van der Waals surface area contributed by atoms with Gasteiger partial charge >= 0.3 is 16.5 Å². The maximum atomic E-state index is 9.51. The van der Waals surface area contributed by atoms with E-state index in [1.54, 1.807) is 0 Å². The van der Waals surface area contributed by atoms with Crippen molar-refractivity contribution < 1.29 is 23.2 Å². The molecule has 0 aromatic rings. The molecule has 0 rings (SSSR count). The van der Waals surface area contributed by atoms with Gasteiger partial charge in [-0.15, -0.1) is 0 Å². The summed E-state index contributed by atoms with van der Waals surface area (Å²) in [6.45, 7) is 0. The smallest absolute Gasteiger partial charge is 0.300 e. The summed E-state index contributed by atoms with van der Waals surface area (Å²) in [4.78, 5) is 15.4. The second-order valence-corrected chi connectivity index (χ2v) is 2.54. The van der Waals surface area contributed by atoms with Crippen LogP contribution < -0.4 is 0 Å². The van der Waals surface area contributed by atoms with E-state index in [1.807, 2.05) is 0 Å². The van der Waals surface area contributed by atoms with Crippen molar-refractivity contribution >= 4 is 16.5 Å². The zero-order valence-corrected chi connectivity index (χ0v) is 4.96. The van der Waals surface area contributed by atoms with Gasteiger partial charge in [-0.05, 0) is 8.88 Å². The molecule has 0 aliphatic carbocycles. The van der Waals surface area contributed by atoms with Gasteiger partial charge in [0.15, 0.2) is 0 Å². The maximum absolute atomic E-state index is 9.51. The molecule has 0 fully saturated rings. The molecule has 5 nitrogen and oxygen atoms in total. The van der Waals surface area contributed by atoms with E-state index in [-0.39, 0.29) is 0 Å². The van der Waals surface area contributed by atoms with Crippen molar-refractivity contribution in [3.63, 3.8) is 0 Å². The van der Waals surface area contributed by atoms with Crippen LogP contribution >= 0.6 is 16.5 Å². The van der Waals surface area contributed by atoms with Crippen molar-refractivity contribution in [3.05, 3.63) is 0 Å². The summed E-state index contributed by atoms with van der Waals surface area (Å²) in [6.07, 6.45) is 0. The SMILES string of the molecule is O=[PH+]OP(=O)(O)O. The van der Waals surface area contributed by atoms with Gasteiger partial charge < -0.3 is 9.79 Å². The molecule has 0 bridgehead atoms. The molecule has 0 heterocycles. The molecule has 42 valence electrons. The molecule has 0 amide bonds. The summed E-state index contributed by atoms with van der Waals surface area (Å²) in [7, 11) is -5.87. The summed E-state index contributed by atoms with van der Waals surface area (Å²) >= 11 is 0. The Hall–Kier alpha value is 0.210. The Kier molecular flexibility index (Phi) is 2.58. The predicted molar refractivity (Wildman–Crippen MR) is 22.1 cm³/mol. The Labute approximate surface area is 40.8 Å². The van der Waals surface area contributed by atoms with E-state index in [9.17, 15) is 9.13 Å². The molecular weight excluding hydrogens is 142 g/mol. The summed E-state index contributed by atoms with van der Waals surface area (Å²) in [5.74, 6) is 0. The fourth-order valence-corrected chi connectivity index (χ4v) is 0.437. The molecule has 0 aliphatic heterocycles. The molecule has 7 heteroatoms. The van der Waals surface area contributed by atoms with Gasteiger partial charge in [-0.25, -0.2) is 4.57 Å². The van der Waals surface area contributed by atoms with Crippen LogP contribution in [-0.2, 0) is 13.4 Å². The Bertz CT molecular complexity index is 98.6. The lowest BCUT2D eigenvalue weighted by atomic mass is 15.7. The molecule has 1 atom stereocenters. The van der Waals surface area contributed by atoms with Crippen LogP contribution in [0, 0.1) is 0 Å². The fourth-order valence-electron chi connectivity index (χ4n) is 0.0485. The first kappa shape index (κ1) is 7.21. The molecule has 0 spiro atoms. The molecular formula is H3O5P2+. The maximum Gasteiger partial charge on any atom is 0.512 e. The number of phosphoric acid groups is 1. The van der Waals surface area contributed by atoms with Crippen molar-refractivity contribution in [2.24, 2.45) is 0 Å². The van der Waals surface area contributed by atoms with Crippen LogP contribution in [0.15, 0.2) is 0 Å². The van der Waals surface area contributed by atoms with Gasteiger partial charge in [0.05, 0.1) is 0 Å². The largest absolute Gasteiger partial charge is 0.512 e. The van der Waals surface area contributed by atoms with E-state index < -0.39 is 16.5 Å². The third-order valence-electron chi connectivity index (χ3n) is 0.156. The van der Waals surface area contributed by atoms with Gasteiger partial charge in [-0.1, -0.05) is 0 Å². The lowest BCUT2D eigenvalue weighted by Crippen LogP contribution is -1.70. The number of rotatable bonds is 2. The second kappa shape index (κ2) is 2.50. The van der Waals surface area contributed by atoms with Gasteiger partial charge in [0.2, 0.25) is 0 Å². The van der Waals surface area contributed by atoms with Crippen molar-refractivity contribution in [3.8, 4) is 0 Å². The van der Waals surface area contributed by atoms with Crippen LogP contribution in [0.2, 0.25) is 0 Å². The van der Waals surface area contributed by atoms with Crippen molar-refractivity contribution in [2.45, 2.75) is 0 Å². The van der Waals surface area contributed by atoms with Gasteiger partial charge in [0, 0.05) is 0 Å². The minimum atomic E-state index is -4.47. The van der Waals surface area contributed by atoms with Crippen LogP contribution in [0.4, 0.5) is 0 Å².